The van der Waals surface area contributed by atoms with Crippen molar-refractivity contribution in [3.8, 4) is 5.75 Å². The number of halogens is 2. The number of carboxylic acid groups (broad SMARTS) is 1. The summed E-state index contributed by atoms with van der Waals surface area (Å²) in [5, 5.41) is 30.2. The molecule has 0 amide bonds. The molecule has 1 aliphatic carbocycles. The number of carboxylic acids is 1. The van der Waals surface area contributed by atoms with Gasteiger partial charge >= 0.3 is 5.97 Å². The van der Waals surface area contributed by atoms with Gasteiger partial charge in [-0.25, -0.2) is 8.78 Å². The fourth-order valence-corrected chi connectivity index (χ4v) is 5.23. The molecule has 0 spiro atoms. The number of hydrogen-bond acceptors (Lipinski definition) is 5. The molecule has 1 aromatic rings. The summed E-state index contributed by atoms with van der Waals surface area (Å²) < 4.78 is 37.9. The van der Waals surface area contributed by atoms with Crippen LogP contribution in [0.25, 0.3) is 0 Å². The highest BCUT2D eigenvalue weighted by Gasteiger charge is 2.43. The van der Waals surface area contributed by atoms with Crippen LogP contribution in [-0.2, 0) is 9.53 Å². The Morgan fingerprint density at radius 2 is 1.97 bits per heavy atom. The van der Waals surface area contributed by atoms with Crippen molar-refractivity contribution >= 4 is 5.97 Å². The van der Waals surface area contributed by atoms with Gasteiger partial charge in [0.1, 0.15) is 30.1 Å². The van der Waals surface area contributed by atoms with E-state index in [0.717, 1.165) is 43.9 Å². The van der Waals surface area contributed by atoms with E-state index in [0.29, 0.717) is 31.8 Å². The molecule has 1 saturated heterocycles. The van der Waals surface area contributed by atoms with E-state index in [1.54, 1.807) is 12.2 Å². The van der Waals surface area contributed by atoms with Gasteiger partial charge in [-0.15, -0.1) is 0 Å². The van der Waals surface area contributed by atoms with Gasteiger partial charge in [-0.1, -0.05) is 25.5 Å². The fourth-order valence-electron chi connectivity index (χ4n) is 5.23. The third-order valence-electron chi connectivity index (χ3n) is 7.07. The number of aliphatic hydroxyl groups excluding tert-OH is 2. The van der Waals surface area contributed by atoms with Crippen LogP contribution in [0.15, 0.2) is 30.4 Å². The molecule has 6 nitrogen and oxygen atoms in total. The first-order valence-corrected chi connectivity index (χ1v) is 12.2. The first-order chi connectivity index (χ1) is 16.3. The summed E-state index contributed by atoms with van der Waals surface area (Å²) >= 11 is 0. The summed E-state index contributed by atoms with van der Waals surface area (Å²) in [6.07, 6.45) is 7.01. The molecule has 2 aliphatic rings. The molecular weight excluding hydrogens is 446 g/mol. The van der Waals surface area contributed by atoms with Gasteiger partial charge < -0.3 is 24.8 Å². The standard InChI is InChI=1S/C26H36F2O6/c1-2-3-17(26(31)32)6-4-16-5-8-23-22(24(30)13-25(23)34-14-16)9-7-20(29)15-33-21-11-18(27)10-19(28)12-21/h7,9-12,16-17,20,22-25,29-30H,2-6,8,13-15H2,1H3,(H,31,32)/b9-7+/t16-,17?,20-,22-,23-,24-,25+/m1/s1. The molecule has 1 saturated carbocycles. The van der Waals surface area contributed by atoms with Crippen molar-refractivity contribution in [3.05, 3.63) is 42.0 Å². The first-order valence-electron chi connectivity index (χ1n) is 12.2. The molecule has 1 unspecified atom stereocenters. The van der Waals surface area contributed by atoms with Crippen molar-refractivity contribution in [1.82, 2.24) is 0 Å². The molecule has 2 fully saturated rings. The van der Waals surface area contributed by atoms with Crippen molar-refractivity contribution < 1.29 is 38.4 Å². The summed E-state index contributed by atoms with van der Waals surface area (Å²) in [6.45, 7) is 2.40. The molecule has 0 bridgehead atoms. The lowest BCUT2D eigenvalue weighted by molar-refractivity contribution is -0.142. The Kier molecular flexibility index (Phi) is 9.85. The highest BCUT2D eigenvalue weighted by molar-refractivity contribution is 5.69. The second-order valence-electron chi connectivity index (χ2n) is 9.63. The minimum absolute atomic E-state index is 0.00167. The molecule has 1 aromatic carbocycles. The topological polar surface area (TPSA) is 96.2 Å². The lowest BCUT2D eigenvalue weighted by Gasteiger charge is -2.21. The summed E-state index contributed by atoms with van der Waals surface area (Å²) in [6, 6.07) is 2.84. The van der Waals surface area contributed by atoms with Crippen LogP contribution in [0.2, 0.25) is 0 Å². The Morgan fingerprint density at radius 3 is 2.65 bits per heavy atom. The summed E-state index contributed by atoms with van der Waals surface area (Å²) in [4.78, 5) is 11.4. The Hall–Kier alpha value is -2.03. The predicted octanol–water partition coefficient (Wildman–Crippen LogP) is 4.33. The maximum absolute atomic E-state index is 13.3. The second kappa shape index (κ2) is 12.6. The maximum atomic E-state index is 13.3. The number of carbonyl (C=O) groups is 1. The van der Waals surface area contributed by atoms with E-state index in [9.17, 15) is 28.9 Å². The Morgan fingerprint density at radius 1 is 1.24 bits per heavy atom. The van der Waals surface area contributed by atoms with Gasteiger partial charge in [0.15, 0.2) is 0 Å². The zero-order chi connectivity index (χ0) is 24.7. The number of hydrogen-bond donors (Lipinski definition) is 3. The van der Waals surface area contributed by atoms with E-state index >= 15 is 0 Å². The smallest absolute Gasteiger partial charge is 0.306 e. The highest BCUT2D eigenvalue weighted by Crippen LogP contribution is 2.42. The lowest BCUT2D eigenvalue weighted by Crippen LogP contribution is -2.22. The molecule has 1 aliphatic heterocycles. The zero-order valence-electron chi connectivity index (χ0n) is 19.6. The molecule has 190 valence electrons. The van der Waals surface area contributed by atoms with Gasteiger partial charge in [0.2, 0.25) is 0 Å². The van der Waals surface area contributed by atoms with Crippen LogP contribution >= 0.6 is 0 Å². The average molecular weight is 483 g/mol. The maximum Gasteiger partial charge on any atom is 0.306 e. The van der Waals surface area contributed by atoms with Gasteiger partial charge in [-0.3, -0.25) is 4.79 Å². The minimum atomic E-state index is -0.997. The molecular formula is C26H36F2O6. The predicted molar refractivity (Wildman–Crippen MR) is 122 cm³/mol. The molecule has 3 N–H and O–H groups in total. The monoisotopic (exact) mass is 482 g/mol. The van der Waals surface area contributed by atoms with Crippen LogP contribution in [0.3, 0.4) is 0 Å². The highest BCUT2D eigenvalue weighted by atomic mass is 19.1. The van der Waals surface area contributed by atoms with E-state index < -0.39 is 29.8 Å². The first kappa shape index (κ1) is 26.6. The number of aliphatic carboxylic acids is 1. The third-order valence-corrected chi connectivity index (χ3v) is 7.07. The average Bonchev–Trinajstić information content (AvgIpc) is 2.94. The van der Waals surface area contributed by atoms with Gasteiger partial charge in [0.05, 0.1) is 18.1 Å². The Bertz CT molecular complexity index is 811. The molecule has 0 radical (unpaired) electrons. The van der Waals surface area contributed by atoms with Gasteiger partial charge in [-0.2, -0.15) is 0 Å². The number of fused-ring (bicyclic) bond motifs is 1. The lowest BCUT2D eigenvalue weighted by atomic mass is 9.85. The van der Waals surface area contributed by atoms with Crippen LogP contribution in [0.1, 0.15) is 51.9 Å². The number of ether oxygens (including phenoxy) is 2. The van der Waals surface area contributed by atoms with Crippen LogP contribution in [0, 0.1) is 35.3 Å². The summed E-state index contributed by atoms with van der Waals surface area (Å²) in [5.41, 5.74) is 0. The van der Waals surface area contributed by atoms with Gasteiger partial charge in [-0.05, 0) is 43.9 Å². The molecule has 34 heavy (non-hydrogen) atoms. The molecule has 7 atom stereocenters. The minimum Gasteiger partial charge on any atom is -0.490 e. The number of benzene rings is 1. The third kappa shape index (κ3) is 7.48. The number of aliphatic hydroxyl groups is 2. The van der Waals surface area contributed by atoms with E-state index in [2.05, 4.69) is 0 Å². The summed E-state index contributed by atoms with van der Waals surface area (Å²) in [7, 11) is 0. The van der Waals surface area contributed by atoms with Crippen LogP contribution < -0.4 is 4.74 Å². The van der Waals surface area contributed by atoms with E-state index in [-0.39, 0.29) is 36.2 Å². The zero-order valence-corrected chi connectivity index (χ0v) is 19.6. The van der Waals surface area contributed by atoms with Crippen molar-refractivity contribution in [2.45, 2.75) is 70.2 Å². The van der Waals surface area contributed by atoms with E-state index in [4.69, 9.17) is 9.47 Å². The van der Waals surface area contributed by atoms with Crippen LogP contribution in [-0.4, -0.2) is 52.8 Å². The van der Waals surface area contributed by atoms with Crippen molar-refractivity contribution in [3.63, 3.8) is 0 Å². The van der Waals surface area contributed by atoms with Crippen LogP contribution in [0.4, 0.5) is 8.78 Å². The van der Waals surface area contributed by atoms with Gasteiger partial charge in [0, 0.05) is 37.1 Å². The van der Waals surface area contributed by atoms with Crippen molar-refractivity contribution in [2.75, 3.05) is 13.2 Å². The molecule has 3 rings (SSSR count). The van der Waals surface area contributed by atoms with E-state index in [1.165, 1.54) is 0 Å². The van der Waals surface area contributed by atoms with Crippen LogP contribution in [0.5, 0.6) is 5.75 Å². The molecule has 8 heteroatoms. The second-order valence-corrected chi connectivity index (χ2v) is 9.63. The van der Waals surface area contributed by atoms with Crippen molar-refractivity contribution in [1.29, 1.82) is 0 Å². The van der Waals surface area contributed by atoms with E-state index in [1.807, 2.05) is 6.92 Å². The molecule has 0 aromatic heterocycles. The fraction of sp³-hybridized carbons (Fsp3) is 0.654. The SMILES string of the molecule is CCCC(CC[C@@H]1CC[C@@H]2[C@@H](/C=C/[C@@H](O)COc3cc(F)cc(F)c3)[C@H](O)C[C@@H]2OC1)C(=O)O. The Labute approximate surface area is 199 Å². The molecule has 1 heterocycles. The van der Waals surface area contributed by atoms with Gasteiger partial charge in [0.25, 0.3) is 0 Å². The van der Waals surface area contributed by atoms with Crippen molar-refractivity contribution in [2.24, 2.45) is 23.7 Å². The summed E-state index contributed by atoms with van der Waals surface area (Å²) in [5.74, 6) is -2.30. The Balaban J connectivity index is 1.51. The normalized spacial score (nSPS) is 28.9. The number of rotatable bonds is 11. The largest absolute Gasteiger partial charge is 0.490 e. The quantitative estimate of drug-likeness (QED) is 0.406.